The Hall–Kier alpha value is -1.80. The number of hydrogen-bond donors (Lipinski definition) is 1. The van der Waals surface area contributed by atoms with Crippen molar-refractivity contribution in [1.82, 2.24) is 0 Å². The van der Waals surface area contributed by atoms with E-state index in [1.807, 2.05) is 12.1 Å². The standard InChI is InChI=1S/C19H24O2/c1-4-15(3)18-11-12-21-19(18)10-5-14(2)13-16-6-8-17(20)9-7-16/h6-9,11,13,19-20H,3-5,10,12H2,1-2H3/b14-13+. The van der Waals surface area contributed by atoms with Crippen LogP contribution in [0.25, 0.3) is 6.08 Å². The van der Waals surface area contributed by atoms with E-state index >= 15 is 0 Å². The van der Waals surface area contributed by atoms with E-state index in [0.717, 1.165) is 24.8 Å². The molecule has 1 unspecified atom stereocenters. The van der Waals surface area contributed by atoms with Gasteiger partial charge in [-0.15, -0.1) is 0 Å². The summed E-state index contributed by atoms with van der Waals surface area (Å²) in [7, 11) is 0. The minimum absolute atomic E-state index is 0.195. The molecule has 0 amide bonds. The third-order valence-corrected chi connectivity index (χ3v) is 3.89. The van der Waals surface area contributed by atoms with Crippen molar-refractivity contribution in [3.05, 3.63) is 59.2 Å². The van der Waals surface area contributed by atoms with Gasteiger partial charge in [0, 0.05) is 0 Å². The van der Waals surface area contributed by atoms with E-state index in [0.29, 0.717) is 12.4 Å². The summed E-state index contributed by atoms with van der Waals surface area (Å²) in [5, 5.41) is 9.29. The van der Waals surface area contributed by atoms with Gasteiger partial charge in [0.25, 0.3) is 0 Å². The first kappa shape index (κ1) is 15.6. The van der Waals surface area contributed by atoms with Gasteiger partial charge >= 0.3 is 0 Å². The molecule has 1 aromatic rings. The highest BCUT2D eigenvalue weighted by molar-refractivity contribution is 5.53. The van der Waals surface area contributed by atoms with Gasteiger partial charge in [0.15, 0.2) is 0 Å². The molecule has 21 heavy (non-hydrogen) atoms. The molecular weight excluding hydrogens is 260 g/mol. The average molecular weight is 284 g/mol. The first-order valence-corrected chi connectivity index (χ1v) is 7.56. The Morgan fingerprint density at radius 3 is 2.76 bits per heavy atom. The molecule has 1 aliphatic rings. The summed E-state index contributed by atoms with van der Waals surface area (Å²) < 4.78 is 5.79. The third kappa shape index (κ3) is 4.33. The van der Waals surface area contributed by atoms with Gasteiger partial charge in [-0.1, -0.05) is 43.4 Å². The number of hydrogen-bond acceptors (Lipinski definition) is 2. The van der Waals surface area contributed by atoms with Gasteiger partial charge < -0.3 is 9.84 Å². The molecule has 112 valence electrons. The smallest absolute Gasteiger partial charge is 0.115 e. The second-order valence-corrected chi connectivity index (χ2v) is 5.56. The Labute approximate surface area is 127 Å². The van der Waals surface area contributed by atoms with Gasteiger partial charge in [-0.2, -0.15) is 0 Å². The number of benzene rings is 1. The predicted molar refractivity (Wildman–Crippen MR) is 88.2 cm³/mol. The van der Waals surface area contributed by atoms with Crippen LogP contribution < -0.4 is 0 Å². The number of ether oxygens (including phenoxy) is 1. The van der Waals surface area contributed by atoms with Crippen LogP contribution in [0.5, 0.6) is 5.75 Å². The molecule has 1 aromatic carbocycles. The van der Waals surface area contributed by atoms with E-state index in [-0.39, 0.29) is 6.10 Å². The van der Waals surface area contributed by atoms with Crippen molar-refractivity contribution < 1.29 is 9.84 Å². The van der Waals surface area contributed by atoms with Crippen LogP contribution >= 0.6 is 0 Å². The van der Waals surface area contributed by atoms with Crippen molar-refractivity contribution in [1.29, 1.82) is 0 Å². The minimum atomic E-state index is 0.195. The Balaban J connectivity index is 1.92. The monoisotopic (exact) mass is 284 g/mol. The van der Waals surface area contributed by atoms with Crippen molar-refractivity contribution in [3.8, 4) is 5.75 Å². The van der Waals surface area contributed by atoms with Crippen LogP contribution in [-0.4, -0.2) is 17.8 Å². The largest absolute Gasteiger partial charge is 0.508 e. The molecule has 1 atom stereocenters. The minimum Gasteiger partial charge on any atom is -0.508 e. The predicted octanol–water partition coefficient (Wildman–Crippen LogP) is 4.87. The van der Waals surface area contributed by atoms with Crippen LogP contribution in [0, 0.1) is 0 Å². The van der Waals surface area contributed by atoms with Gasteiger partial charge in [-0.25, -0.2) is 0 Å². The first-order valence-electron chi connectivity index (χ1n) is 7.56. The van der Waals surface area contributed by atoms with Crippen LogP contribution in [0.15, 0.2) is 53.6 Å². The lowest BCUT2D eigenvalue weighted by atomic mass is 9.96. The maximum absolute atomic E-state index is 9.29. The zero-order chi connectivity index (χ0) is 15.2. The van der Waals surface area contributed by atoms with Gasteiger partial charge in [-0.05, 0) is 55.0 Å². The fraction of sp³-hybridized carbons (Fsp3) is 0.368. The van der Waals surface area contributed by atoms with Gasteiger partial charge in [-0.3, -0.25) is 0 Å². The summed E-state index contributed by atoms with van der Waals surface area (Å²) in [4.78, 5) is 0. The van der Waals surface area contributed by atoms with E-state index in [1.165, 1.54) is 16.7 Å². The summed E-state index contributed by atoms with van der Waals surface area (Å²) in [5.41, 5.74) is 4.91. The van der Waals surface area contributed by atoms with E-state index in [4.69, 9.17) is 4.74 Å². The second-order valence-electron chi connectivity index (χ2n) is 5.56. The molecule has 0 fully saturated rings. The molecule has 1 N–H and O–H groups in total. The highest BCUT2D eigenvalue weighted by Gasteiger charge is 2.20. The molecular formula is C19H24O2. The Kier molecular flexibility index (Phi) is 5.40. The van der Waals surface area contributed by atoms with Gasteiger partial charge in [0.1, 0.15) is 5.75 Å². The van der Waals surface area contributed by atoms with Crippen LogP contribution in [0.2, 0.25) is 0 Å². The quantitative estimate of drug-likeness (QED) is 0.807. The molecule has 2 rings (SSSR count). The number of aromatic hydroxyl groups is 1. The molecule has 0 aromatic heterocycles. The molecule has 2 nitrogen and oxygen atoms in total. The fourth-order valence-electron chi connectivity index (χ4n) is 2.58. The molecule has 0 saturated heterocycles. The van der Waals surface area contributed by atoms with Crippen molar-refractivity contribution in [2.75, 3.05) is 6.61 Å². The van der Waals surface area contributed by atoms with Crippen molar-refractivity contribution in [3.63, 3.8) is 0 Å². The highest BCUT2D eigenvalue weighted by atomic mass is 16.5. The van der Waals surface area contributed by atoms with Crippen molar-refractivity contribution >= 4 is 6.08 Å². The van der Waals surface area contributed by atoms with E-state index in [9.17, 15) is 5.11 Å². The SMILES string of the molecule is C=C(CC)C1=CCOC1CC/C(C)=C/c1ccc(O)cc1. The van der Waals surface area contributed by atoms with Gasteiger partial charge in [0.2, 0.25) is 0 Å². The molecule has 0 radical (unpaired) electrons. The molecule has 0 bridgehead atoms. The fourth-order valence-corrected chi connectivity index (χ4v) is 2.58. The number of phenols is 1. The van der Waals surface area contributed by atoms with Crippen LogP contribution in [-0.2, 0) is 4.74 Å². The number of rotatable bonds is 6. The molecule has 0 saturated carbocycles. The van der Waals surface area contributed by atoms with E-state index in [1.54, 1.807) is 12.1 Å². The normalized spacial score (nSPS) is 18.7. The Morgan fingerprint density at radius 1 is 1.38 bits per heavy atom. The maximum atomic E-state index is 9.29. The van der Waals surface area contributed by atoms with Gasteiger partial charge in [0.05, 0.1) is 12.7 Å². The molecule has 1 heterocycles. The van der Waals surface area contributed by atoms with E-state index < -0.39 is 0 Å². The molecule has 1 aliphatic heterocycles. The van der Waals surface area contributed by atoms with Crippen LogP contribution in [0.1, 0.15) is 38.7 Å². The topological polar surface area (TPSA) is 29.5 Å². The number of allylic oxidation sites excluding steroid dienone is 1. The Bertz CT molecular complexity index is 549. The second kappa shape index (κ2) is 7.28. The zero-order valence-electron chi connectivity index (χ0n) is 12.9. The molecule has 0 aliphatic carbocycles. The summed E-state index contributed by atoms with van der Waals surface area (Å²) in [6.45, 7) is 9.10. The maximum Gasteiger partial charge on any atom is 0.115 e. The lowest BCUT2D eigenvalue weighted by Gasteiger charge is -2.16. The first-order chi connectivity index (χ1) is 10.1. The Morgan fingerprint density at radius 2 is 2.10 bits per heavy atom. The van der Waals surface area contributed by atoms with Crippen molar-refractivity contribution in [2.45, 2.75) is 39.2 Å². The summed E-state index contributed by atoms with van der Waals surface area (Å²) >= 11 is 0. The van der Waals surface area contributed by atoms with Crippen molar-refractivity contribution in [2.24, 2.45) is 0 Å². The highest BCUT2D eigenvalue weighted by Crippen LogP contribution is 2.27. The number of phenolic OH excluding ortho intramolecular Hbond substituents is 1. The summed E-state index contributed by atoms with van der Waals surface area (Å²) in [6.07, 6.45) is 7.49. The third-order valence-electron chi connectivity index (χ3n) is 3.89. The van der Waals surface area contributed by atoms with Crippen LogP contribution in [0.3, 0.4) is 0 Å². The van der Waals surface area contributed by atoms with Crippen LogP contribution in [0.4, 0.5) is 0 Å². The lowest BCUT2D eigenvalue weighted by molar-refractivity contribution is 0.116. The average Bonchev–Trinajstić information content (AvgIpc) is 2.95. The van der Waals surface area contributed by atoms with E-state index in [2.05, 4.69) is 32.6 Å². The summed E-state index contributed by atoms with van der Waals surface area (Å²) in [6, 6.07) is 7.28. The molecule has 0 spiro atoms. The molecule has 2 heteroatoms. The lowest BCUT2D eigenvalue weighted by Crippen LogP contribution is -2.11. The summed E-state index contributed by atoms with van der Waals surface area (Å²) in [5.74, 6) is 0.303. The zero-order valence-corrected chi connectivity index (χ0v) is 12.9.